The summed E-state index contributed by atoms with van der Waals surface area (Å²) in [5, 5.41) is 1.31. The lowest BCUT2D eigenvalue weighted by Gasteiger charge is -2.45. The summed E-state index contributed by atoms with van der Waals surface area (Å²) >= 11 is 0. The van der Waals surface area contributed by atoms with E-state index in [1.807, 2.05) is 0 Å². The van der Waals surface area contributed by atoms with Crippen LogP contribution in [0.1, 0.15) is 37.1 Å². The standard InChI is InChI=1S/C19H24N2O2/c1-3-12-10-15(19(22)23-2)18-17-14(8-9-21(18)11-12)13-6-4-5-7-16(13)20-17/h4-7,12,15,18,20H,3,8-11H2,1-2H3/t12-,15-,18-/m0/s1. The molecule has 0 saturated carbocycles. The van der Waals surface area contributed by atoms with Crippen molar-refractivity contribution in [2.75, 3.05) is 20.2 Å². The van der Waals surface area contributed by atoms with E-state index in [4.69, 9.17) is 4.74 Å². The molecule has 2 aliphatic heterocycles. The van der Waals surface area contributed by atoms with Crippen LogP contribution in [0.5, 0.6) is 0 Å². The molecule has 1 saturated heterocycles. The molecule has 0 unspecified atom stereocenters. The Balaban J connectivity index is 1.81. The Hall–Kier alpha value is -1.81. The Morgan fingerprint density at radius 2 is 2.22 bits per heavy atom. The van der Waals surface area contributed by atoms with Gasteiger partial charge < -0.3 is 9.72 Å². The van der Waals surface area contributed by atoms with Crippen molar-refractivity contribution in [2.24, 2.45) is 11.8 Å². The zero-order valence-electron chi connectivity index (χ0n) is 13.8. The van der Waals surface area contributed by atoms with Crippen molar-refractivity contribution >= 4 is 16.9 Å². The zero-order chi connectivity index (χ0) is 16.0. The second-order valence-electron chi connectivity index (χ2n) is 6.89. The third kappa shape index (κ3) is 2.27. The smallest absolute Gasteiger partial charge is 0.310 e. The molecule has 1 aromatic heterocycles. The van der Waals surface area contributed by atoms with Gasteiger partial charge in [0, 0.05) is 29.7 Å². The Kier molecular flexibility index (Phi) is 3.64. The number of hydrogen-bond acceptors (Lipinski definition) is 3. The number of ether oxygens (including phenoxy) is 1. The summed E-state index contributed by atoms with van der Waals surface area (Å²) < 4.78 is 5.14. The number of carbonyl (C=O) groups excluding carboxylic acids is 1. The maximum atomic E-state index is 12.4. The van der Waals surface area contributed by atoms with Crippen LogP contribution in [0, 0.1) is 11.8 Å². The van der Waals surface area contributed by atoms with Crippen LogP contribution in [0.4, 0.5) is 0 Å². The topological polar surface area (TPSA) is 45.3 Å². The number of aromatic amines is 1. The predicted octanol–water partition coefficient (Wildman–Crippen LogP) is 3.29. The predicted molar refractivity (Wildman–Crippen MR) is 90.2 cm³/mol. The number of nitrogens with one attached hydrogen (secondary N) is 1. The van der Waals surface area contributed by atoms with Crippen LogP contribution < -0.4 is 0 Å². The molecule has 2 aromatic rings. The number of nitrogens with zero attached hydrogens (tertiary/aromatic N) is 1. The normalized spacial score (nSPS) is 27.5. The maximum Gasteiger partial charge on any atom is 0.310 e. The van der Waals surface area contributed by atoms with E-state index >= 15 is 0 Å². The molecule has 4 rings (SSSR count). The highest BCUT2D eigenvalue weighted by molar-refractivity contribution is 5.85. The largest absolute Gasteiger partial charge is 0.469 e. The summed E-state index contributed by atoms with van der Waals surface area (Å²) in [6.07, 6.45) is 3.11. The van der Waals surface area contributed by atoms with Gasteiger partial charge in [0.25, 0.3) is 0 Å². The first-order chi connectivity index (χ1) is 11.2. The van der Waals surface area contributed by atoms with Crippen molar-refractivity contribution in [3.63, 3.8) is 0 Å². The third-order valence-corrected chi connectivity index (χ3v) is 5.73. The van der Waals surface area contributed by atoms with Gasteiger partial charge in [-0.25, -0.2) is 0 Å². The van der Waals surface area contributed by atoms with Crippen molar-refractivity contribution in [3.8, 4) is 0 Å². The highest BCUT2D eigenvalue weighted by Crippen LogP contribution is 2.44. The first kappa shape index (κ1) is 14.8. The number of rotatable bonds is 2. The van der Waals surface area contributed by atoms with Gasteiger partial charge in [0.2, 0.25) is 0 Å². The van der Waals surface area contributed by atoms with Crippen LogP contribution >= 0.6 is 0 Å². The summed E-state index contributed by atoms with van der Waals surface area (Å²) in [5.74, 6) is 0.455. The van der Waals surface area contributed by atoms with Gasteiger partial charge in [0.15, 0.2) is 0 Å². The Labute approximate surface area is 136 Å². The van der Waals surface area contributed by atoms with Crippen molar-refractivity contribution in [1.82, 2.24) is 9.88 Å². The van der Waals surface area contributed by atoms with E-state index in [0.717, 1.165) is 32.4 Å². The molecule has 0 aliphatic carbocycles. The molecule has 1 N–H and O–H groups in total. The molecule has 3 heterocycles. The van der Waals surface area contributed by atoms with Crippen LogP contribution in [0.2, 0.25) is 0 Å². The molecular formula is C19H24N2O2. The lowest BCUT2D eigenvalue weighted by Crippen LogP contribution is -2.49. The molecule has 0 amide bonds. The van der Waals surface area contributed by atoms with Crippen LogP contribution in [0.15, 0.2) is 24.3 Å². The fourth-order valence-electron chi connectivity index (χ4n) is 4.55. The molecule has 0 bridgehead atoms. The van der Waals surface area contributed by atoms with E-state index in [2.05, 4.69) is 41.1 Å². The Bertz CT molecular complexity index is 736. The molecule has 122 valence electrons. The summed E-state index contributed by atoms with van der Waals surface area (Å²) in [4.78, 5) is 18.6. The highest BCUT2D eigenvalue weighted by atomic mass is 16.5. The number of esters is 1. The second-order valence-corrected chi connectivity index (χ2v) is 6.89. The minimum Gasteiger partial charge on any atom is -0.469 e. The van der Waals surface area contributed by atoms with E-state index in [-0.39, 0.29) is 17.9 Å². The van der Waals surface area contributed by atoms with Gasteiger partial charge in [-0.15, -0.1) is 0 Å². The summed E-state index contributed by atoms with van der Waals surface area (Å²) in [7, 11) is 1.51. The molecule has 4 heteroatoms. The fourth-order valence-corrected chi connectivity index (χ4v) is 4.55. The van der Waals surface area contributed by atoms with E-state index in [0.29, 0.717) is 5.92 Å². The molecule has 0 radical (unpaired) electrons. The van der Waals surface area contributed by atoms with Crippen LogP contribution in [0.3, 0.4) is 0 Å². The van der Waals surface area contributed by atoms with E-state index in [9.17, 15) is 4.79 Å². The third-order valence-electron chi connectivity index (χ3n) is 5.73. The zero-order valence-corrected chi connectivity index (χ0v) is 13.8. The van der Waals surface area contributed by atoms with E-state index in [1.54, 1.807) is 0 Å². The number of H-pyrrole nitrogens is 1. The molecule has 0 spiro atoms. The molecule has 4 nitrogen and oxygen atoms in total. The lowest BCUT2D eigenvalue weighted by molar-refractivity contribution is -0.151. The van der Waals surface area contributed by atoms with E-state index in [1.165, 1.54) is 29.3 Å². The average molecular weight is 312 g/mol. The van der Waals surface area contributed by atoms with Gasteiger partial charge in [-0.1, -0.05) is 31.5 Å². The van der Waals surface area contributed by atoms with Crippen molar-refractivity contribution in [3.05, 3.63) is 35.5 Å². The number of carbonyl (C=O) groups is 1. The molecule has 1 aromatic carbocycles. The minimum absolute atomic E-state index is 0.0641. The van der Waals surface area contributed by atoms with Crippen LogP contribution in [-0.4, -0.2) is 36.1 Å². The van der Waals surface area contributed by atoms with Gasteiger partial charge >= 0.3 is 5.97 Å². The Morgan fingerprint density at radius 1 is 1.39 bits per heavy atom. The quantitative estimate of drug-likeness (QED) is 0.866. The molecule has 2 aliphatic rings. The second kappa shape index (κ2) is 5.68. The number of hydrogen-bond donors (Lipinski definition) is 1. The van der Waals surface area contributed by atoms with Crippen LogP contribution in [0.25, 0.3) is 10.9 Å². The summed E-state index contributed by atoms with van der Waals surface area (Å²) in [6.45, 7) is 4.34. The number of piperidine rings is 1. The SMILES string of the molecule is CC[C@H]1C[C@H](C(=O)OC)[C@H]2c3[nH]c4ccccc4c3CCN2C1. The molecule has 23 heavy (non-hydrogen) atoms. The van der Waals surface area contributed by atoms with Gasteiger partial charge in [-0.3, -0.25) is 9.69 Å². The number of aromatic nitrogens is 1. The summed E-state index contributed by atoms with van der Waals surface area (Å²) in [5.41, 5.74) is 3.81. The lowest BCUT2D eigenvalue weighted by atomic mass is 9.77. The fraction of sp³-hybridized carbons (Fsp3) is 0.526. The first-order valence-electron chi connectivity index (χ1n) is 8.64. The molecule has 1 fully saturated rings. The van der Waals surface area contributed by atoms with Gasteiger partial charge in [-0.2, -0.15) is 0 Å². The monoisotopic (exact) mass is 312 g/mol. The van der Waals surface area contributed by atoms with E-state index < -0.39 is 0 Å². The van der Waals surface area contributed by atoms with Crippen LogP contribution in [-0.2, 0) is 16.0 Å². The molecule has 3 atom stereocenters. The Morgan fingerprint density at radius 3 is 3.00 bits per heavy atom. The molecular weight excluding hydrogens is 288 g/mol. The minimum atomic E-state index is -0.0651. The average Bonchev–Trinajstić information content (AvgIpc) is 2.98. The van der Waals surface area contributed by atoms with Crippen molar-refractivity contribution in [1.29, 1.82) is 0 Å². The number of fused-ring (bicyclic) bond motifs is 5. The first-order valence-corrected chi connectivity index (χ1v) is 8.64. The summed E-state index contributed by atoms with van der Waals surface area (Å²) in [6, 6.07) is 8.61. The van der Waals surface area contributed by atoms with Crippen molar-refractivity contribution in [2.45, 2.75) is 32.2 Å². The number of para-hydroxylation sites is 1. The highest BCUT2D eigenvalue weighted by Gasteiger charge is 2.44. The van der Waals surface area contributed by atoms with Gasteiger partial charge in [0.1, 0.15) is 0 Å². The van der Waals surface area contributed by atoms with Crippen molar-refractivity contribution < 1.29 is 9.53 Å². The maximum absolute atomic E-state index is 12.4. The van der Waals surface area contributed by atoms with Gasteiger partial charge in [0.05, 0.1) is 19.1 Å². The number of methoxy groups -OCH3 is 1. The number of benzene rings is 1. The van der Waals surface area contributed by atoms with Gasteiger partial charge in [-0.05, 0) is 30.4 Å².